The third kappa shape index (κ3) is 4.74. The molecule has 2 rings (SSSR count). The minimum absolute atomic E-state index is 0.136. The summed E-state index contributed by atoms with van der Waals surface area (Å²) in [5.74, 6) is 0.520. The number of urea groups is 1. The van der Waals surface area contributed by atoms with Crippen molar-refractivity contribution in [3.05, 3.63) is 17.0 Å². The van der Waals surface area contributed by atoms with E-state index in [1.165, 1.54) is 43.1 Å². The van der Waals surface area contributed by atoms with Crippen LogP contribution in [0.1, 0.15) is 49.4 Å². The second-order valence-corrected chi connectivity index (χ2v) is 6.68. The van der Waals surface area contributed by atoms with E-state index in [0.29, 0.717) is 17.5 Å². The number of hydrogen-bond donors (Lipinski definition) is 3. The number of amides is 2. The zero-order valence-corrected chi connectivity index (χ0v) is 13.0. The smallest absolute Gasteiger partial charge is 0.338 e. The normalized spacial score (nSPS) is 21.8. The minimum Gasteiger partial charge on any atom is -0.478 e. The summed E-state index contributed by atoms with van der Waals surface area (Å²) in [4.78, 5) is 22.7. The van der Waals surface area contributed by atoms with Crippen molar-refractivity contribution in [2.24, 2.45) is 11.8 Å². The SMILES string of the molecule is CC1CCC(CCNC(=O)Nc2sccc2C(=O)O)CC1. The number of carbonyl (C=O) groups is 2. The number of anilines is 1. The molecule has 1 aliphatic rings. The van der Waals surface area contributed by atoms with Crippen LogP contribution >= 0.6 is 11.3 Å². The monoisotopic (exact) mass is 310 g/mol. The van der Waals surface area contributed by atoms with Gasteiger partial charge in [-0.05, 0) is 29.7 Å². The van der Waals surface area contributed by atoms with Gasteiger partial charge in [-0.1, -0.05) is 32.6 Å². The van der Waals surface area contributed by atoms with Crippen molar-refractivity contribution in [2.75, 3.05) is 11.9 Å². The van der Waals surface area contributed by atoms with Crippen molar-refractivity contribution in [3.8, 4) is 0 Å². The standard InChI is InChI=1S/C15H22N2O3S/c1-10-2-4-11(5-3-10)6-8-16-15(20)17-13-12(14(18)19)7-9-21-13/h7,9-11H,2-6,8H2,1H3,(H,18,19)(H2,16,17,20). The van der Waals surface area contributed by atoms with Crippen LogP contribution in [0.25, 0.3) is 0 Å². The molecule has 116 valence electrons. The van der Waals surface area contributed by atoms with Gasteiger partial charge in [0.15, 0.2) is 0 Å². The van der Waals surface area contributed by atoms with Gasteiger partial charge in [0.1, 0.15) is 5.00 Å². The van der Waals surface area contributed by atoms with E-state index in [-0.39, 0.29) is 11.6 Å². The molecule has 1 saturated carbocycles. The Labute approximate surface area is 128 Å². The highest BCUT2D eigenvalue weighted by Crippen LogP contribution is 2.30. The Hall–Kier alpha value is -1.56. The van der Waals surface area contributed by atoms with Crippen LogP contribution in [0.3, 0.4) is 0 Å². The lowest BCUT2D eigenvalue weighted by Crippen LogP contribution is -2.31. The highest BCUT2D eigenvalue weighted by atomic mass is 32.1. The fourth-order valence-electron chi connectivity index (χ4n) is 2.73. The number of aromatic carboxylic acids is 1. The van der Waals surface area contributed by atoms with Gasteiger partial charge in [0, 0.05) is 6.54 Å². The van der Waals surface area contributed by atoms with Gasteiger partial charge in [-0.2, -0.15) is 0 Å². The molecule has 0 saturated heterocycles. The number of thiophene rings is 1. The third-order valence-corrected chi connectivity index (χ3v) is 4.93. The summed E-state index contributed by atoms with van der Waals surface area (Å²) in [6.07, 6.45) is 6.07. The predicted molar refractivity (Wildman–Crippen MR) is 84.0 cm³/mol. The topological polar surface area (TPSA) is 78.4 Å². The average Bonchev–Trinajstić information content (AvgIpc) is 2.89. The van der Waals surface area contributed by atoms with E-state index in [2.05, 4.69) is 17.6 Å². The van der Waals surface area contributed by atoms with Gasteiger partial charge in [-0.15, -0.1) is 11.3 Å². The summed E-state index contributed by atoms with van der Waals surface area (Å²) in [6.45, 7) is 2.93. The maximum atomic E-state index is 11.8. The Kier molecular flexibility index (Phi) is 5.61. The highest BCUT2D eigenvalue weighted by Gasteiger charge is 2.18. The number of carbonyl (C=O) groups excluding carboxylic acids is 1. The summed E-state index contributed by atoms with van der Waals surface area (Å²) >= 11 is 1.22. The molecule has 1 aromatic heterocycles. The van der Waals surface area contributed by atoms with Gasteiger partial charge in [0.05, 0.1) is 5.56 Å². The first kappa shape index (κ1) is 15.8. The Morgan fingerprint density at radius 3 is 2.71 bits per heavy atom. The molecule has 0 atom stereocenters. The van der Waals surface area contributed by atoms with Crippen LogP contribution in [-0.4, -0.2) is 23.7 Å². The van der Waals surface area contributed by atoms with Crippen molar-refractivity contribution < 1.29 is 14.7 Å². The largest absolute Gasteiger partial charge is 0.478 e. The lowest BCUT2D eigenvalue weighted by atomic mass is 9.81. The molecule has 1 heterocycles. The van der Waals surface area contributed by atoms with Gasteiger partial charge in [0.2, 0.25) is 0 Å². The summed E-state index contributed by atoms with van der Waals surface area (Å²) in [5, 5.41) is 16.4. The van der Waals surface area contributed by atoms with E-state index in [1.807, 2.05) is 0 Å². The first-order chi connectivity index (χ1) is 10.1. The molecule has 6 heteroatoms. The molecule has 0 radical (unpaired) electrons. The van der Waals surface area contributed by atoms with Crippen LogP contribution < -0.4 is 10.6 Å². The zero-order valence-electron chi connectivity index (χ0n) is 12.2. The van der Waals surface area contributed by atoms with E-state index in [4.69, 9.17) is 5.11 Å². The number of rotatable bonds is 5. The van der Waals surface area contributed by atoms with Crippen LogP contribution in [0.15, 0.2) is 11.4 Å². The van der Waals surface area contributed by atoms with E-state index in [1.54, 1.807) is 5.38 Å². The zero-order chi connectivity index (χ0) is 15.2. The second-order valence-electron chi connectivity index (χ2n) is 5.76. The van der Waals surface area contributed by atoms with Gasteiger partial charge >= 0.3 is 12.0 Å². The lowest BCUT2D eigenvalue weighted by molar-refractivity contribution is 0.0698. The van der Waals surface area contributed by atoms with Crippen LogP contribution in [-0.2, 0) is 0 Å². The van der Waals surface area contributed by atoms with Crippen LogP contribution in [0.4, 0.5) is 9.80 Å². The molecular formula is C15H22N2O3S. The molecule has 0 bridgehead atoms. The molecule has 0 spiro atoms. The van der Waals surface area contributed by atoms with E-state index < -0.39 is 5.97 Å². The number of nitrogens with one attached hydrogen (secondary N) is 2. The molecular weight excluding hydrogens is 288 g/mol. The number of carboxylic acid groups (broad SMARTS) is 1. The van der Waals surface area contributed by atoms with Crippen LogP contribution in [0.2, 0.25) is 0 Å². The van der Waals surface area contributed by atoms with Crippen molar-refractivity contribution in [2.45, 2.75) is 39.0 Å². The van der Waals surface area contributed by atoms with Gasteiger partial charge in [-0.3, -0.25) is 5.32 Å². The van der Waals surface area contributed by atoms with Crippen molar-refractivity contribution >= 4 is 28.3 Å². The maximum absolute atomic E-state index is 11.8. The van der Waals surface area contributed by atoms with E-state index in [9.17, 15) is 9.59 Å². The fourth-order valence-corrected chi connectivity index (χ4v) is 3.50. The molecule has 21 heavy (non-hydrogen) atoms. The molecule has 0 aromatic carbocycles. The quantitative estimate of drug-likeness (QED) is 0.774. The summed E-state index contributed by atoms with van der Waals surface area (Å²) < 4.78 is 0. The molecule has 3 N–H and O–H groups in total. The summed E-state index contributed by atoms with van der Waals surface area (Å²) in [6, 6.07) is 1.16. The van der Waals surface area contributed by atoms with Crippen molar-refractivity contribution in [3.63, 3.8) is 0 Å². The fraction of sp³-hybridized carbons (Fsp3) is 0.600. The molecule has 0 unspecified atom stereocenters. The van der Waals surface area contributed by atoms with E-state index >= 15 is 0 Å². The van der Waals surface area contributed by atoms with Gasteiger partial charge < -0.3 is 10.4 Å². The maximum Gasteiger partial charge on any atom is 0.338 e. The Morgan fingerprint density at radius 1 is 1.33 bits per heavy atom. The number of carboxylic acids is 1. The first-order valence-corrected chi connectivity index (χ1v) is 8.30. The van der Waals surface area contributed by atoms with E-state index in [0.717, 1.165) is 12.3 Å². The average molecular weight is 310 g/mol. The summed E-state index contributed by atoms with van der Waals surface area (Å²) in [5.41, 5.74) is 0.136. The minimum atomic E-state index is -1.03. The Balaban J connectivity index is 1.70. The number of hydrogen-bond acceptors (Lipinski definition) is 3. The third-order valence-electron chi connectivity index (χ3n) is 4.10. The van der Waals surface area contributed by atoms with Crippen molar-refractivity contribution in [1.82, 2.24) is 5.32 Å². The van der Waals surface area contributed by atoms with Gasteiger partial charge in [-0.25, -0.2) is 9.59 Å². The first-order valence-electron chi connectivity index (χ1n) is 7.42. The lowest BCUT2D eigenvalue weighted by Gasteiger charge is -2.26. The molecule has 1 aliphatic carbocycles. The molecule has 2 amide bonds. The van der Waals surface area contributed by atoms with Crippen LogP contribution in [0.5, 0.6) is 0 Å². The molecule has 5 nitrogen and oxygen atoms in total. The van der Waals surface area contributed by atoms with Crippen molar-refractivity contribution in [1.29, 1.82) is 0 Å². The summed E-state index contributed by atoms with van der Waals surface area (Å²) in [7, 11) is 0. The highest BCUT2D eigenvalue weighted by molar-refractivity contribution is 7.14. The Bertz CT molecular complexity index is 493. The molecule has 0 aliphatic heterocycles. The van der Waals surface area contributed by atoms with Crippen LogP contribution in [0, 0.1) is 11.8 Å². The Morgan fingerprint density at radius 2 is 2.05 bits per heavy atom. The molecule has 1 fully saturated rings. The predicted octanol–water partition coefficient (Wildman–Crippen LogP) is 3.78. The van der Waals surface area contributed by atoms with Gasteiger partial charge in [0.25, 0.3) is 0 Å². The second kappa shape index (κ2) is 7.45. The molecule has 1 aromatic rings.